The average Bonchev–Trinajstić information content (AvgIpc) is 2.19. The molecule has 1 aromatic carbocycles. The van der Waals surface area contributed by atoms with Crippen molar-refractivity contribution >= 4 is 34.0 Å². The molecule has 0 bridgehead atoms. The third-order valence-corrected chi connectivity index (χ3v) is 3.08. The molecule has 0 atom stereocenters. The maximum atomic E-state index is 6.19. The summed E-state index contributed by atoms with van der Waals surface area (Å²) in [6.07, 6.45) is 1.81. The van der Waals surface area contributed by atoms with Gasteiger partial charge in [0, 0.05) is 22.0 Å². The average molecular weight is 240 g/mol. The molecule has 0 unspecified atom stereocenters. The number of hydrogen-bond donors (Lipinski definition) is 0. The first-order chi connectivity index (χ1) is 7.11. The Balaban J connectivity index is 2.90. The highest BCUT2D eigenvalue weighted by Gasteiger charge is 2.11. The lowest BCUT2D eigenvalue weighted by molar-refractivity contribution is 0.869. The first-order valence-electron chi connectivity index (χ1n) is 4.84. The van der Waals surface area contributed by atoms with Crippen molar-refractivity contribution in [2.75, 3.05) is 0 Å². The van der Waals surface area contributed by atoms with Crippen LogP contribution in [0.15, 0.2) is 24.4 Å². The van der Waals surface area contributed by atoms with Crippen LogP contribution in [-0.2, 0) is 0 Å². The molecule has 2 aromatic rings. The number of aromatic nitrogens is 1. The Bertz CT molecular complexity index is 506. The van der Waals surface area contributed by atoms with Gasteiger partial charge in [0.25, 0.3) is 0 Å². The van der Waals surface area contributed by atoms with Crippen molar-refractivity contribution in [3.63, 3.8) is 0 Å². The molecular weight excluding hydrogens is 229 g/mol. The molecule has 1 nitrogen and oxygen atoms in total. The number of benzene rings is 1. The van der Waals surface area contributed by atoms with Crippen molar-refractivity contribution in [1.29, 1.82) is 0 Å². The molecule has 1 aromatic heterocycles. The number of rotatable bonds is 1. The summed E-state index contributed by atoms with van der Waals surface area (Å²) in [5.41, 5.74) is 1.14. The van der Waals surface area contributed by atoms with E-state index >= 15 is 0 Å². The van der Waals surface area contributed by atoms with E-state index in [1.54, 1.807) is 6.20 Å². The van der Waals surface area contributed by atoms with Gasteiger partial charge in [0.2, 0.25) is 0 Å². The van der Waals surface area contributed by atoms with E-state index in [4.69, 9.17) is 23.2 Å². The van der Waals surface area contributed by atoms with Gasteiger partial charge >= 0.3 is 0 Å². The van der Waals surface area contributed by atoms with Crippen LogP contribution in [0.3, 0.4) is 0 Å². The molecule has 0 radical (unpaired) electrons. The summed E-state index contributed by atoms with van der Waals surface area (Å²) >= 11 is 12.2. The number of hydrogen-bond acceptors (Lipinski definition) is 1. The number of halogens is 2. The Hall–Kier alpha value is -0.790. The zero-order valence-electron chi connectivity index (χ0n) is 8.59. The molecule has 0 N–H and O–H groups in total. The Morgan fingerprint density at radius 1 is 1.20 bits per heavy atom. The SMILES string of the molecule is CC(C)c1cnc(Cl)c2cccc(Cl)c12. The molecule has 3 heteroatoms. The second kappa shape index (κ2) is 3.99. The maximum absolute atomic E-state index is 6.19. The predicted molar refractivity (Wildman–Crippen MR) is 65.9 cm³/mol. The van der Waals surface area contributed by atoms with Crippen LogP contribution >= 0.6 is 23.2 Å². The Morgan fingerprint density at radius 3 is 2.60 bits per heavy atom. The van der Waals surface area contributed by atoms with Crippen LogP contribution in [0, 0.1) is 0 Å². The predicted octanol–water partition coefficient (Wildman–Crippen LogP) is 4.67. The zero-order valence-corrected chi connectivity index (χ0v) is 10.1. The zero-order chi connectivity index (χ0) is 11.0. The van der Waals surface area contributed by atoms with Crippen LogP contribution in [0.5, 0.6) is 0 Å². The molecule has 78 valence electrons. The highest BCUT2D eigenvalue weighted by molar-refractivity contribution is 6.39. The fourth-order valence-electron chi connectivity index (χ4n) is 1.69. The highest BCUT2D eigenvalue weighted by atomic mass is 35.5. The van der Waals surface area contributed by atoms with Crippen LogP contribution < -0.4 is 0 Å². The van der Waals surface area contributed by atoms with Crippen molar-refractivity contribution in [2.24, 2.45) is 0 Å². The van der Waals surface area contributed by atoms with E-state index in [0.717, 1.165) is 21.4 Å². The van der Waals surface area contributed by atoms with E-state index in [1.165, 1.54) is 0 Å². The molecule has 0 saturated heterocycles. The normalized spacial score (nSPS) is 11.3. The van der Waals surface area contributed by atoms with E-state index < -0.39 is 0 Å². The molecule has 0 aliphatic heterocycles. The van der Waals surface area contributed by atoms with Gasteiger partial charge < -0.3 is 0 Å². The van der Waals surface area contributed by atoms with Crippen molar-refractivity contribution < 1.29 is 0 Å². The fraction of sp³-hybridized carbons (Fsp3) is 0.250. The number of nitrogens with zero attached hydrogens (tertiary/aromatic N) is 1. The summed E-state index contributed by atoms with van der Waals surface area (Å²) < 4.78 is 0. The Kier molecular flexibility index (Phi) is 2.85. The molecule has 0 aliphatic carbocycles. The largest absolute Gasteiger partial charge is 0.244 e. The van der Waals surface area contributed by atoms with Gasteiger partial charge in [-0.3, -0.25) is 0 Å². The van der Waals surface area contributed by atoms with Gasteiger partial charge in [0.15, 0.2) is 0 Å². The third-order valence-electron chi connectivity index (χ3n) is 2.46. The van der Waals surface area contributed by atoms with Crippen LogP contribution in [0.4, 0.5) is 0 Å². The molecule has 15 heavy (non-hydrogen) atoms. The molecule has 0 saturated carbocycles. The summed E-state index contributed by atoms with van der Waals surface area (Å²) in [5, 5.41) is 3.20. The number of fused-ring (bicyclic) bond motifs is 1. The minimum absolute atomic E-state index is 0.386. The fourth-order valence-corrected chi connectivity index (χ4v) is 2.18. The second-order valence-corrected chi connectivity index (χ2v) is 4.59. The minimum atomic E-state index is 0.386. The van der Waals surface area contributed by atoms with Crippen LogP contribution in [-0.4, -0.2) is 4.98 Å². The van der Waals surface area contributed by atoms with Gasteiger partial charge in [-0.2, -0.15) is 0 Å². The molecule has 0 aliphatic rings. The van der Waals surface area contributed by atoms with Gasteiger partial charge in [-0.25, -0.2) is 4.98 Å². The summed E-state index contributed by atoms with van der Waals surface area (Å²) in [4.78, 5) is 4.18. The molecule has 0 spiro atoms. The molecule has 2 rings (SSSR count). The topological polar surface area (TPSA) is 12.9 Å². The van der Waals surface area contributed by atoms with Gasteiger partial charge in [-0.15, -0.1) is 0 Å². The third kappa shape index (κ3) is 1.82. The molecule has 0 fully saturated rings. The first kappa shape index (κ1) is 10.7. The standard InChI is InChI=1S/C12H11Cl2N/c1-7(2)9-6-15-12(14)8-4-3-5-10(13)11(8)9/h3-7H,1-2H3. The lowest BCUT2D eigenvalue weighted by atomic mass is 9.99. The van der Waals surface area contributed by atoms with Crippen molar-refractivity contribution in [1.82, 2.24) is 4.98 Å². The van der Waals surface area contributed by atoms with Crippen LogP contribution in [0.1, 0.15) is 25.3 Å². The molecule has 1 heterocycles. The van der Waals surface area contributed by atoms with E-state index in [9.17, 15) is 0 Å². The second-order valence-electron chi connectivity index (χ2n) is 3.82. The van der Waals surface area contributed by atoms with E-state index in [1.807, 2.05) is 18.2 Å². The van der Waals surface area contributed by atoms with E-state index in [2.05, 4.69) is 18.8 Å². The quantitative estimate of drug-likeness (QED) is 0.660. The Morgan fingerprint density at radius 2 is 1.93 bits per heavy atom. The van der Waals surface area contributed by atoms with Crippen molar-refractivity contribution in [2.45, 2.75) is 19.8 Å². The van der Waals surface area contributed by atoms with Gasteiger partial charge in [-0.05, 0) is 17.5 Å². The van der Waals surface area contributed by atoms with Crippen molar-refractivity contribution in [3.05, 3.63) is 40.1 Å². The van der Waals surface area contributed by atoms with Gasteiger partial charge in [0.05, 0.1) is 0 Å². The lowest BCUT2D eigenvalue weighted by Crippen LogP contribution is -1.92. The van der Waals surface area contributed by atoms with E-state index in [0.29, 0.717) is 11.1 Å². The highest BCUT2D eigenvalue weighted by Crippen LogP contribution is 2.33. The minimum Gasteiger partial charge on any atom is -0.244 e. The molecule has 0 amide bonds. The Labute approximate surface area is 99.0 Å². The van der Waals surface area contributed by atoms with Crippen LogP contribution in [0.2, 0.25) is 10.2 Å². The van der Waals surface area contributed by atoms with Gasteiger partial charge in [-0.1, -0.05) is 49.2 Å². The smallest absolute Gasteiger partial charge is 0.136 e. The van der Waals surface area contributed by atoms with Crippen molar-refractivity contribution in [3.8, 4) is 0 Å². The summed E-state index contributed by atoms with van der Waals surface area (Å²) in [7, 11) is 0. The van der Waals surface area contributed by atoms with Gasteiger partial charge in [0.1, 0.15) is 5.15 Å². The van der Waals surface area contributed by atoms with Crippen LogP contribution in [0.25, 0.3) is 10.8 Å². The monoisotopic (exact) mass is 239 g/mol. The number of pyridine rings is 1. The summed E-state index contributed by atoms with van der Waals surface area (Å²) in [6, 6.07) is 5.72. The maximum Gasteiger partial charge on any atom is 0.136 e. The molecular formula is C12H11Cl2N. The van der Waals surface area contributed by atoms with E-state index in [-0.39, 0.29) is 0 Å². The summed E-state index contributed by atoms with van der Waals surface area (Å²) in [6.45, 7) is 4.24. The summed E-state index contributed by atoms with van der Waals surface area (Å²) in [5.74, 6) is 0.386. The lowest BCUT2D eigenvalue weighted by Gasteiger charge is -2.11. The first-order valence-corrected chi connectivity index (χ1v) is 5.59.